The number of Topliss-reactive ketones (excluding diaryl/α,β-unsaturated/α-hetero) is 1. The van der Waals surface area contributed by atoms with Gasteiger partial charge in [0.05, 0.1) is 40.8 Å². The smallest absolute Gasteiger partial charge is 0.404 e. The molecule has 2 aliphatic heterocycles. The summed E-state index contributed by atoms with van der Waals surface area (Å²) in [6, 6.07) is 6.97. The molecule has 3 saturated carbocycles. The highest BCUT2D eigenvalue weighted by atomic mass is 16.7. The first-order chi connectivity index (χ1) is 22.7. The average molecular weight is 665 g/mol. The first-order valence-electron chi connectivity index (χ1n) is 18.5. The number of aliphatic hydroxyl groups excluding tert-OH is 1. The summed E-state index contributed by atoms with van der Waals surface area (Å²) >= 11 is 0. The number of nitrogens with zero attached hydrogens (tertiary/aromatic N) is 1. The molecule has 5 aliphatic rings. The van der Waals surface area contributed by atoms with Gasteiger partial charge in [0.25, 0.3) is 11.8 Å². The van der Waals surface area contributed by atoms with E-state index < -0.39 is 19.1 Å². The molecule has 264 valence electrons. The van der Waals surface area contributed by atoms with Crippen molar-refractivity contribution in [2.24, 2.45) is 29.1 Å². The molecule has 0 radical (unpaired) electrons. The molecular weight excluding hydrogens is 607 g/mol. The third-order valence-corrected chi connectivity index (χ3v) is 11.9. The maximum atomic E-state index is 13.5. The largest absolute Gasteiger partial charge is 0.481 e. The van der Waals surface area contributed by atoms with E-state index in [1.165, 1.54) is 4.90 Å². The van der Waals surface area contributed by atoms with Gasteiger partial charge in [0.2, 0.25) is 5.91 Å². The van der Waals surface area contributed by atoms with Crippen LogP contribution in [0.2, 0.25) is 0 Å². The number of rotatable bonds is 18. The van der Waals surface area contributed by atoms with Gasteiger partial charge in [0.15, 0.2) is 0 Å². The number of carbonyl (C=O) groups excluding carboxylic acids is 4. The Bertz CT molecular complexity index is 1310. The molecule has 48 heavy (non-hydrogen) atoms. The lowest BCUT2D eigenvalue weighted by atomic mass is 9.43. The molecule has 2 bridgehead atoms. The van der Waals surface area contributed by atoms with E-state index >= 15 is 0 Å². The number of fused-ring (bicyclic) bond motifs is 1. The summed E-state index contributed by atoms with van der Waals surface area (Å²) in [5, 5.41) is 13.7. The van der Waals surface area contributed by atoms with Crippen molar-refractivity contribution in [3.63, 3.8) is 0 Å². The molecular formula is C38H57BN2O7. The van der Waals surface area contributed by atoms with Gasteiger partial charge < -0.3 is 19.7 Å². The molecule has 2 N–H and O–H groups in total. The predicted molar refractivity (Wildman–Crippen MR) is 185 cm³/mol. The van der Waals surface area contributed by atoms with Crippen molar-refractivity contribution in [3.05, 3.63) is 35.4 Å². The van der Waals surface area contributed by atoms with Gasteiger partial charge in [-0.1, -0.05) is 71.9 Å². The van der Waals surface area contributed by atoms with Crippen molar-refractivity contribution in [3.8, 4) is 0 Å². The predicted octanol–water partition coefficient (Wildman–Crippen LogP) is 6.16. The SMILES string of the molecule is CC(C)C[C@H](NC(=O)[C@@H](CC(=O)CCCCCCCCCN1C(=O)c2ccccc2C1=O)[C@@H](C)O)B1O[C@@H]2C[C@@H]3C[C@@H](C3(C)C)[C@]2(C)O1. The van der Waals surface area contributed by atoms with Gasteiger partial charge in [0.1, 0.15) is 5.78 Å². The molecule has 9 nitrogen and oxygen atoms in total. The molecule has 1 saturated heterocycles. The third-order valence-electron chi connectivity index (χ3n) is 11.9. The van der Waals surface area contributed by atoms with Gasteiger partial charge in [-0.3, -0.25) is 24.1 Å². The molecule has 7 atom stereocenters. The maximum absolute atomic E-state index is 13.5. The number of amides is 3. The van der Waals surface area contributed by atoms with Gasteiger partial charge in [-0.25, -0.2) is 0 Å². The Labute approximate surface area is 287 Å². The van der Waals surface area contributed by atoms with Crippen LogP contribution in [0.1, 0.15) is 139 Å². The van der Waals surface area contributed by atoms with Crippen LogP contribution in [0, 0.1) is 29.1 Å². The minimum atomic E-state index is -0.951. The Hall–Kier alpha value is -2.56. The van der Waals surface area contributed by atoms with E-state index in [4.69, 9.17) is 9.31 Å². The van der Waals surface area contributed by atoms with Crippen LogP contribution >= 0.6 is 0 Å². The second-order valence-corrected chi connectivity index (χ2v) is 16.2. The fourth-order valence-electron chi connectivity index (χ4n) is 8.85. The fourth-order valence-corrected chi connectivity index (χ4v) is 8.85. The zero-order valence-corrected chi connectivity index (χ0v) is 30.0. The van der Waals surface area contributed by atoms with Crippen molar-refractivity contribution in [1.82, 2.24) is 10.2 Å². The number of unbranched alkanes of at least 4 members (excludes halogenated alkanes) is 6. The number of hydrogen-bond acceptors (Lipinski definition) is 7. The second-order valence-electron chi connectivity index (χ2n) is 16.2. The summed E-state index contributed by atoms with van der Waals surface area (Å²) in [5.74, 6) is -0.541. The van der Waals surface area contributed by atoms with E-state index in [-0.39, 0.29) is 53.0 Å². The highest BCUT2D eigenvalue weighted by molar-refractivity contribution is 6.47. The topological polar surface area (TPSA) is 122 Å². The average Bonchev–Trinajstić information content (AvgIpc) is 3.51. The number of benzene rings is 1. The van der Waals surface area contributed by atoms with E-state index in [1.54, 1.807) is 31.2 Å². The highest BCUT2D eigenvalue weighted by Crippen LogP contribution is 2.65. The quantitative estimate of drug-likeness (QED) is 0.110. The summed E-state index contributed by atoms with van der Waals surface area (Å²) in [6.45, 7) is 13.1. The van der Waals surface area contributed by atoms with Crippen LogP contribution < -0.4 is 5.32 Å². The number of carbonyl (C=O) groups is 4. The first kappa shape index (κ1) is 36.7. The van der Waals surface area contributed by atoms with E-state index in [2.05, 4.69) is 39.9 Å². The van der Waals surface area contributed by atoms with Gasteiger partial charge in [-0.15, -0.1) is 0 Å². The normalized spacial score (nSPS) is 27.4. The molecule has 0 unspecified atom stereocenters. The van der Waals surface area contributed by atoms with Crippen LogP contribution in [0.3, 0.4) is 0 Å². The van der Waals surface area contributed by atoms with E-state index in [1.807, 2.05) is 0 Å². The molecule has 1 aromatic rings. The van der Waals surface area contributed by atoms with Crippen molar-refractivity contribution >= 4 is 30.6 Å². The zero-order chi connectivity index (χ0) is 34.8. The van der Waals surface area contributed by atoms with Crippen molar-refractivity contribution in [2.75, 3.05) is 6.54 Å². The highest BCUT2D eigenvalue weighted by Gasteiger charge is 2.68. The molecule has 0 aromatic heterocycles. The van der Waals surface area contributed by atoms with Crippen LogP contribution in [0.15, 0.2) is 24.3 Å². The van der Waals surface area contributed by atoms with Crippen LogP contribution in [-0.2, 0) is 18.9 Å². The van der Waals surface area contributed by atoms with E-state index in [0.717, 1.165) is 57.8 Å². The summed E-state index contributed by atoms with van der Waals surface area (Å²) in [5.41, 5.74) is 0.843. The maximum Gasteiger partial charge on any atom is 0.481 e. The number of nitrogens with one attached hydrogen (secondary N) is 1. The Kier molecular flexibility index (Phi) is 11.6. The molecule has 1 aromatic carbocycles. The molecule has 3 aliphatic carbocycles. The Balaban J connectivity index is 0.999. The monoisotopic (exact) mass is 664 g/mol. The number of aliphatic hydroxyl groups is 1. The van der Waals surface area contributed by atoms with E-state index in [9.17, 15) is 24.3 Å². The number of imide groups is 1. The van der Waals surface area contributed by atoms with Crippen LogP contribution in [0.5, 0.6) is 0 Å². The van der Waals surface area contributed by atoms with Gasteiger partial charge in [-0.2, -0.15) is 0 Å². The lowest BCUT2D eigenvalue weighted by Gasteiger charge is -2.64. The van der Waals surface area contributed by atoms with E-state index in [0.29, 0.717) is 48.3 Å². The molecule has 10 heteroatoms. The molecule has 2 heterocycles. The zero-order valence-electron chi connectivity index (χ0n) is 30.0. The Morgan fingerprint density at radius 2 is 1.56 bits per heavy atom. The van der Waals surface area contributed by atoms with Crippen molar-refractivity contribution in [1.29, 1.82) is 0 Å². The van der Waals surface area contributed by atoms with Crippen molar-refractivity contribution in [2.45, 2.75) is 142 Å². The van der Waals surface area contributed by atoms with Gasteiger partial charge in [-0.05, 0) is 81.3 Å². The molecule has 4 fully saturated rings. The number of ketones is 1. The Morgan fingerprint density at radius 3 is 2.15 bits per heavy atom. The first-order valence-corrected chi connectivity index (χ1v) is 18.5. The minimum absolute atomic E-state index is 0.00805. The van der Waals surface area contributed by atoms with Crippen LogP contribution in [-0.4, -0.2) is 70.9 Å². The van der Waals surface area contributed by atoms with Crippen LogP contribution in [0.25, 0.3) is 0 Å². The van der Waals surface area contributed by atoms with Gasteiger partial charge in [0, 0.05) is 19.4 Å². The summed E-state index contributed by atoms with van der Waals surface area (Å²) < 4.78 is 13.2. The van der Waals surface area contributed by atoms with Crippen molar-refractivity contribution < 1.29 is 33.6 Å². The summed E-state index contributed by atoms with van der Waals surface area (Å²) in [4.78, 5) is 52.8. The van der Waals surface area contributed by atoms with Crippen LogP contribution in [0.4, 0.5) is 0 Å². The number of hydrogen-bond donors (Lipinski definition) is 2. The molecule has 3 amide bonds. The summed E-state index contributed by atoms with van der Waals surface area (Å²) in [7, 11) is -0.547. The minimum Gasteiger partial charge on any atom is -0.404 e. The summed E-state index contributed by atoms with van der Waals surface area (Å²) in [6.07, 6.45) is 8.69. The van der Waals surface area contributed by atoms with Gasteiger partial charge >= 0.3 is 7.12 Å². The Morgan fingerprint density at radius 1 is 0.958 bits per heavy atom. The fraction of sp³-hybridized carbons (Fsp3) is 0.737. The lowest BCUT2D eigenvalue weighted by Crippen LogP contribution is -2.65. The second kappa shape index (κ2) is 15.1. The third kappa shape index (κ3) is 7.61. The molecule has 0 spiro atoms. The molecule has 6 rings (SSSR count). The standard InChI is InChI=1S/C38H57BN2O7/c1-24(2)20-33(39-47-32-22-26-21-31(37(26,4)5)38(32,6)48-39)40-34(44)30(25(3)42)23-27(43)16-12-10-8-7-9-11-15-19-41-35(45)28-17-13-14-18-29(28)36(41)46/h13-14,17-18,24-26,30-33,42H,7-12,15-16,19-23H2,1-6H3,(H,40,44)/t25-,26+,30+,31+,32-,33+,38+/m1/s1. The lowest BCUT2D eigenvalue weighted by molar-refractivity contribution is -0.199.